The van der Waals surface area contributed by atoms with Crippen molar-refractivity contribution in [2.45, 2.75) is 159 Å². The molecule has 0 radical (unpaired) electrons. The smallest absolute Gasteiger partial charge is 0.316 e. The first-order chi connectivity index (χ1) is 38.7. The van der Waals surface area contributed by atoms with E-state index >= 15 is 0 Å². The molecule has 1 aliphatic heterocycles. The molecule has 4 heterocycles. The minimum Gasteiger partial charge on any atom is -0.469 e. The maximum Gasteiger partial charge on any atom is 0.316 e. The van der Waals surface area contributed by atoms with E-state index in [4.69, 9.17) is 24.5 Å². The van der Waals surface area contributed by atoms with Crippen LogP contribution in [0.4, 0.5) is 43.4 Å². The van der Waals surface area contributed by atoms with Crippen LogP contribution in [0.2, 0.25) is 0 Å². The number of carbonyl (C=O) groups excluding carboxylic acids is 4. The number of ether oxygens (including phenoxy) is 5. The van der Waals surface area contributed by atoms with Crippen LogP contribution < -0.4 is 5.73 Å². The van der Waals surface area contributed by atoms with Gasteiger partial charge in [0.25, 0.3) is 29.4 Å². The molecule has 5 aliphatic rings. The van der Waals surface area contributed by atoms with Crippen LogP contribution >= 0.6 is 13.5 Å². The number of anilines is 1. The zero-order chi connectivity index (χ0) is 61.3. The van der Waals surface area contributed by atoms with Crippen molar-refractivity contribution in [3.8, 4) is 0 Å². The molecule has 472 valence electrons. The van der Waals surface area contributed by atoms with Gasteiger partial charge in [-0.05, 0) is 116 Å². The monoisotopic (exact) mass is 1240 g/mol. The number of nitrogens with one attached hydrogen (secondary N) is 1. The van der Waals surface area contributed by atoms with Crippen molar-refractivity contribution in [2.24, 2.45) is 23.7 Å². The SMILES string of the molecule is C1CCOC1.COC(=O)C1CCC(O)CC1.COC(=O)C1CCC(OS(C)(=O)=O)CC1.COC(=O)C1CCC(n2cc(N)c(C(F)F)n2)CC1.COC(=O)C1CCC(n2cc([N+](=O)[O-])c(C(F)F)n2)CC1.O=[N+]([O-])c1cn[nH]c1C(F)F.S. The van der Waals surface area contributed by atoms with Crippen LogP contribution in [0.5, 0.6) is 0 Å². The highest BCUT2D eigenvalue weighted by atomic mass is 32.2. The van der Waals surface area contributed by atoms with Crippen molar-refractivity contribution < 1.29 is 96.8 Å². The first-order valence-electron chi connectivity index (χ1n) is 26.3. The lowest BCUT2D eigenvalue weighted by molar-refractivity contribution is -0.386. The van der Waals surface area contributed by atoms with E-state index in [2.05, 4.69) is 29.5 Å². The van der Waals surface area contributed by atoms with Gasteiger partial charge in [-0.3, -0.25) is 58.1 Å². The number of nitro groups is 2. The number of hydrogen-bond donors (Lipinski definition) is 3. The van der Waals surface area contributed by atoms with Gasteiger partial charge in [-0.2, -0.15) is 37.2 Å². The molecule has 0 bridgehead atoms. The molecule has 5 fully saturated rings. The number of hydrogen-bond acceptors (Lipinski definition) is 21. The topological polar surface area (TPSA) is 355 Å². The Balaban J connectivity index is 0.000000352. The number of methoxy groups -OCH3 is 4. The Hall–Kier alpha value is -6.13. The van der Waals surface area contributed by atoms with Crippen molar-refractivity contribution in [1.29, 1.82) is 0 Å². The minimum atomic E-state index is -3.38. The van der Waals surface area contributed by atoms with E-state index in [0.717, 1.165) is 57.5 Å². The molecule has 26 nitrogen and oxygen atoms in total. The number of nitrogens with two attached hydrogens (primary N) is 1. The molecular formula is C49H75F6N9O17S2. The molecule has 0 amide bonds. The molecule has 83 heavy (non-hydrogen) atoms. The first-order valence-corrected chi connectivity index (χ1v) is 28.1. The number of aromatic nitrogens is 6. The second kappa shape index (κ2) is 36.5. The predicted molar refractivity (Wildman–Crippen MR) is 286 cm³/mol. The Morgan fingerprint density at radius 1 is 0.639 bits per heavy atom. The average Bonchev–Trinajstić information content (AvgIpc) is 4.43. The number of alkyl halides is 6. The summed E-state index contributed by atoms with van der Waals surface area (Å²) >= 11 is 0. The Bertz CT molecular complexity index is 2570. The number of nitrogen functional groups attached to an aromatic ring is 1. The van der Waals surface area contributed by atoms with Crippen molar-refractivity contribution in [3.05, 3.63) is 55.9 Å². The van der Waals surface area contributed by atoms with Crippen LogP contribution in [0, 0.1) is 43.9 Å². The predicted octanol–water partition coefficient (Wildman–Crippen LogP) is 8.51. The Kier molecular flexibility index (Phi) is 32.1. The second-order valence-electron chi connectivity index (χ2n) is 19.6. The van der Waals surface area contributed by atoms with Crippen LogP contribution in [0.25, 0.3) is 0 Å². The summed E-state index contributed by atoms with van der Waals surface area (Å²) in [6, 6.07) is -0.187. The first kappa shape index (κ1) is 73.0. The summed E-state index contributed by atoms with van der Waals surface area (Å²) in [5, 5.41) is 42.4. The number of carbonyl (C=O) groups is 4. The van der Waals surface area contributed by atoms with Gasteiger partial charge in [0.05, 0.1) is 98.2 Å². The van der Waals surface area contributed by atoms with Gasteiger partial charge in [-0.1, -0.05) is 0 Å². The standard InChI is InChI=1S/C12H15F2N3O4.C12H17F2N3O2.C9H16O5S.C8H14O3.C4H3F2N3O2.C4H8O.H2S/c1-21-12(18)7-2-4-8(5-3-7)16-6-9(17(19)20)10(15-16)11(13)14;1-19-12(18)7-2-4-8(5-3-7)17-6-9(15)10(16-17)11(13)14;1-13-9(10)7-3-5-8(6-4-7)14-15(2,11)12;1-11-8(10)6-2-4-7(9)5-3-6;5-4(6)3-2(9(10)11)1-7-8-3;1-2-4-5-3-1;/h6-8,11H,2-5H2,1H3;6-8,11H,2-5,15H2,1H3;7-8H,3-6H2,1-2H3;6-7,9H,2-5H2,1H3;1,4H,(H,7,8);1-4H2;1H2. The lowest BCUT2D eigenvalue weighted by atomic mass is 9.86. The van der Waals surface area contributed by atoms with Gasteiger partial charge in [0.2, 0.25) is 5.69 Å². The Labute approximate surface area is 482 Å². The highest BCUT2D eigenvalue weighted by molar-refractivity contribution is 7.86. The van der Waals surface area contributed by atoms with Gasteiger partial charge in [-0.15, -0.1) is 0 Å². The lowest BCUT2D eigenvalue weighted by Gasteiger charge is -2.27. The van der Waals surface area contributed by atoms with E-state index in [1.807, 2.05) is 5.10 Å². The fourth-order valence-electron chi connectivity index (χ4n) is 9.53. The molecule has 0 spiro atoms. The molecule has 0 aromatic carbocycles. The van der Waals surface area contributed by atoms with E-state index < -0.39 is 62.0 Å². The van der Waals surface area contributed by atoms with E-state index in [1.54, 1.807) is 0 Å². The fraction of sp³-hybridized carbons (Fsp3) is 0.735. The number of rotatable bonds is 13. The zero-order valence-electron chi connectivity index (χ0n) is 46.6. The Morgan fingerprint density at radius 3 is 1.31 bits per heavy atom. The highest BCUT2D eigenvalue weighted by Gasteiger charge is 2.34. The van der Waals surface area contributed by atoms with Crippen LogP contribution in [0.3, 0.4) is 0 Å². The number of esters is 4. The largest absolute Gasteiger partial charge is 0.469 e. The molecule has 34 heteroatoms. The highest BCUT2D eigenvalue weighted by Crippen LogP contribution is 2.37. The average molecular weight is 1240 g/mol. The van der Waals surface area contributed by atoms with Crippen molar-refractivity contribution in [1.82, 2.24) is 29.8 Å². The summed E-state index contributed by atoms with van der Waals surface area (Å²) < 4.78 is 127. The van der Waals surface area contributed by atoms with Gasteiger partial charge in [0, 0.05) is 19.4 Å². The van der Waals surface area contributed by atoms with E-state index in [-0.39, 0.29) is 96.7 Å². The molecule has 4 aliphatic carbocycles. The second-order valence-corrected chi connectivity index (χ2v) is 21.2. The van der Waals surface area contributed by atoms with Crippen molar-refractivity contribution in [2.75, 3.05) is 53.6 Å². The van der Waals surface area contributed by atoms with Gasteiger partial charge in [0.1, 0.15) is 12.4 Å². The third-order valence-corrected chi connectivity index (χ3v) is 14.6. The summed E-state index contributed by atoms with van der Waals surface area (Å²) in [6.07, 6.45) is 8.26. The third kappa shape index (κ3) is 24.5. The molecule has 3 aromatic heterocycles. The van der Waals surface area contributed by atoms with Gasteiger partial charge in [-0.25, -0.2) is 26.3 Å². The van der Waals surface area contributed by atoms with E-state index in [9.17, 15) is 74.2 Å². The molecule has 4 N–H and O–H groups in total. The quantitative estimate of drug-likeness (QED) is 0.0360. The number of halogens is 6. The van der Waals surface area contributed by atoms with Gasteiger partial charge < -0.3 is 34.5 Å². The minimum absolute atomic E-state index is 0. The summed E-state index contributed by atoms with van der Waals surface area (Å²) in [7, 11) is 2.08. The molecule has 3 aromatic rings. The van der Waals surface area contributed by atoms with Crippen molar-refractivity contribution in [3.63, 3.8) is 0 Å². The summed E-state index contributed by atoms with van der Waals surface area (Å²) in [4.78, 5) is 63.9. The maximum atomic E-state index is 12.7. The molecular weight excluding hydrogens is 1160 g/mol. The number of H-pyrrole nitrogens is 1. The Morgan fingerprint density at radius 2 is 1.01 bits per heavy atom. The van der Waals surface area contributed by atoms with Crippen LogP contribution in [-0.4, -0.2) is 137 Å². The summed E-state index contributed by atoms with van der Waals surface area (Å²) in [5.74, 6) is -1.20. The third-order valence-electron chi connectivity index (χ3n) is 14.0. The van der Waals surface area contributed by atoms with Crippen LogP contribution in [0.15, 0.2) is 18.6 Å². The fourth-order valence-corrected chi connectivity index (χ4v) is 10.2. The zero-order valence-corrected chi connectivity index (χ0v) is 48.4. The van der Waals surface area contributed by atoms with Crippen LogP contribution in [0.1, 0.15) is 164 Å². The van der Waals surface area contributed by atoms with Gasteiger partial charge in [0.15, 0.2) is 11.4 Å². The molecule has 0 unspecified atom stereocenters. The molecule has 0 atom stereocenters. The normalized spacial score (nSPS) is 23.0. The number of aliphatic hydroxyl groups excluding tert-OH is 1. The van der Waals surface area contributed by atoms with E-state index in [0.29, 0.717) is 77.0 Å². The molecule has 8 rings (SSSR count). The summed E-state index contributed by atoms with van der Waals surface area (Å²) in [5.41, 5.74) is 2.25. The number of aromatic amines is 1. The lowest BCUT2D eigenvalue weighted by Crippen LogP contribution is -2.28. The number of aliphatic hydroxyl groups is 1. The van der Waals surface area contributed by atoms with Crippen LogP contribution in [-0.2, 0) is 57.2 Å². The number of nitrogens with zero attached hydrogens (tertiary/aromatic N) is 7. The molecule has 1 saturated heterocycles. The van der Waals surface area contributed by atoms with Crippen molar-refractivity contribution >= 4 is 64.6 Å². The van der Waals surface area contributed by atoms with Gasteiger partial charge >= 0.3 is 35.3 Å². The summed E-state index contributed by atoms with van der Waals surface area (Å²) in [6.45, 7) is 2.00. The maximum absolute atomic E-state index is 12.7. The molecule has 4 saturated carbocycles. The van der Waals surface area contributed by atoms with E-state index in [1.165, 1.54) is 56.8 Å².